The van der Waals surface area contributed by atoms with E-state index < -0.39 is 0 Å². The van der Waals surface area contributed by atoms with Gasteiger partial charge in [0.2, 0.25) is 5.91 Å². The number of esters is 1. The summed E-state index contributed by atoms with van der Waals surface area (Å²) in [6, 6.07) is 12.3. The van der Waals surface area contributed by atoms with Crippen LogP contribution in [0.5, 0.6) is 0 Å². The van der Waals surface area contributed by atoms with E-state index in [0.29, 0.717) is 23.6 Å². The molecule has 0 aliphatic rings. The number of pyridine rings is 1. The van der Waals surface area contributed by atoms with Gasteiger partial charge in [-0.1, -0.05) is 6.07 Å². The van der Waals surface area contributed by atoms with Crippen LogP contribution in [0.1, 0.15) is 23.0 Å². The number of benzene rings is 1. The summed E-state index contributed by atoms with van der Waals surface area (Å²) < 4.78 is 6.79. The van der Waals surface area contributed by atoms with Gasteiger partial charge in [-0.2, -0.15) is 0 Å². The number of hydrogen-bond acceptors (Lipinski definition) is 4. The van der Waals surface area contributed by atoms with E-state index in [0.717, 1.165) is 5.65 Å². The average molecular weight is 323 g/mol. The summed E-state index contributed by atoms with van der Waals surface area (Å²) in [5, 5.41) is 2.79. The smallest absolute Gasteiger partial charge is 0.338 e. The number of hydrogen-bond donors (Lipinski definition) is 1. The second-order valence-corrected chi connectivity index (χ2v) is 5.22. The third kappa shape index (κ3) is 3.60. The Bertz CT molecular complexity index is 836. The molecule has 1 N–H and O–H groups in total. The molecule has 0 fully saturated rings. The Kier molecular flexibility index (Phi) is 4.56. The first kappa shape index (κ1) is 15.7. The maximum absolute atomic E-state index is 12.1. The van der Waals surface area contributed by atoms with E-state index >= 15 is 0 Å². The van der Waals surface area contributed by atoms with Gasteiger partial charge in [0, 0.05) is 18.1 Å². The van der Waals surface area contributed by atoms with Gasteiger partial charge in [-0.15, -0.1) is 0 Å². The van der Waals surface area contributed by atoms with Crippen LogP contribution in [0.3, 0.4) is 0 Å². The van der Waals surface area contributed by atoms with Crippen LogP contribution in [0.25, 0.3) is 5.65 Å². The first-order chi connectivity index (χ1) is 11.7. The zero-order valence-corrected chi connectivity index (χ0v) is 13.2. The quantitative estimate of drug-likeness (QED) is 0.733. The molecule has 0 saturated heterocycles. The maximum Gasteiger partial charge on any atom is 0.338 e. The molecule has 6 heteroatoms. The molecule has 0 unspecified atom stereocenters. The monoisotopic (exact) mass is 323 g/mol. The van der Waals surface area contributed by atoms with Crippen LogP contribution in [0.15, 0.2) is 54.9 Å². The van der Waals surface area contributed by atoms with Crippen LogP contribution in [0, 0.1) is 0 Å². The fourth-order valence-electron chi connectivity index (χ4n) is 2.35. The van der Waals surface area contributed by atoms with Crippen LogP contribution in [-0.4, -0.2) is 27.9 Å². The third-order valence-corrected chi connectivity index (χ3v) is 3.44. The van der Waals surface area contributed by atoms with Crippen molar-refractivity contribution >= 4 is 23.2 Å². The van der Waals surface area contributed by atoms with Gasteiger partial charge in [-0.05, 0) is 43.3 Å². The molecule has 0 atom stereocenters. The second-order valence-electron chi connectivity index (χ2n) is 5.22. The lowest BCUT2D eigenvalue weighted by atomic mass is 10.2. The van der Waals surface area contributed by atoms with Gasteiger partial charge in [0.1, 0.15) is 5.65 Å². The maximum atomic E-state index is 12.1. The lowest BCUT2D eigenvalue weighted by molar-refractivity contribution is -0.115. The number of imidazole rings is 1. The van der Waals surface area contributed by atoms with E-state index in [-0.39, 0.29) is 18.3 Å². The zero-order valence-electron chi connectivity index (χ0n) is 13.2. The highest BCUT2D eigenvalue weighted by molar-refractivity contribution is 5.93. The Morgan fingerprint density at radius 3 is 2.67 bits per heavy atom. The van der Waals surface area contributed by atoms with Crippen molar-refractivity contribution in [2.75, 3.05) is 11.9 Å². The molecule has 3 rings (SSSR count). The predicted molar refractivity (Wildman–Crippen MR) is 89.9 cm³/mol. The van der Waals surface area contributed by atoms with Crippen molar-refractivity contribution in [2.24, 2.45) is 0 Å². The van der Waals surface area contributed by atoms with Crippen molar-refractivity contribution in [2.45, 2.75) is 13.3 Å². The van der Waals surface area contributed by atoms with Crippen molar-refractivity contribution in [3.05, 3.63) is 66.1 Å². The SMILES string of the molecule is CCOC(=O)c1ccc(NC(=O)Cc2cn3ccccc3n2)cc1. The molecule has 2 aromatic heterocycles. The summed E-state index contributed by atoms with van der Waals surface area (Å²) in [6.07, 6.45) is 3.90. The van der Waals surface area contributed by atoms with Gasteiger partial charge in [0.05, 0.1) is 24.3 Å². The average Bonchev–Trinajstić information content (AvgIpc) is 2.97. The fraction of sp³-hybridized carbons (Fsp3) is 0.167. The molecule has 6 nitrogen and oxygen atoms in total. The standard InChI is InChI=1S/C18H17N3O3/c1-2-24-18(23)13-6-8-14(9-7-13)20-17(22)11-15-12-21-10-4-3-5-16(21)19-15/h3-10,12H,2,11H2,1H3,(H,20,22). The van der Waals surface area contributed by atoms with Gasteiger partial charge < -0.3 is 14.5 Å². The number of amides is 1. The Morgan fingerprint density at radius 2 is 1.96 bits per heavy atom. The minimum Gasteiger partial charge on any atom is -0.462 e. The molecule has 1 amide bonds. The number of carbonyl (C=O) groups is 2. The molecule has 24 heavy (non-hydrogen) atoms. The van der Waals surface area contributed by atoms with Crippen molar-refractivity contribution in [3.63, 3.8) is 0 Å². The third-order valence-electron chi connectivity index (χ3n) is 3.44. The molecule has 0 radical (unpaired) electrons. The minimum absolute atomic E-state index is 0.165. The van der Waals surface area contributed by atoms with Crippen molar-refractivity contribution in [1.82, 2.24) is 9.38 Å². The molecule has 0 saturated carbocycles. The summed E-state index contributed by atoms with van der Waals surface area (Å²) >= 11 is 0. The summed E-state index contributed by atoms with van der Waals surface area (Å²) in [6.45, 7) is 2.09. The Hall–Kier alpha value is -3.15. The highest BCUT2D eigenvalue weighted by Gasteiger charge is 2.09. The molecular formula is C18H17N3O3. The number of ether oxygens (including phenoxy) is 1. The molecule has 1 aromatic carbocycles. The number of aromatic nitrogens is 2. The van der Waals surface area contributed by atoms with Crippen LogP contribution >= 0.6 is 0 Å². The van der Waals surface area contributed by atoms with Crippen molar-refractivity contribution < 1.29 is 14.3 Å². The summed E-state index contributed by atoms with van der Waals surface area (Å²) in [7, 11) is 0. The lowest BCUT2D eigenvalue weighted by Crippen LogP contribution is -2.14. The van der Waals surface area contributed by atoms with Gasteiger partial charge >= 0.3 is 5.97 Å². The number of rotatable bonds is 5. The number of anilines is 1. The molecule has 0 aliphatic carbocycles. The van der Waals surface area contributed by atoms with E-state index in [1.54, 1.807) is 31.2 Å². The lowest BCUT2D eigenvalue weighted by Gasteiger charge is -2.05. The highest BCUT2D eigenvalue weighted by Crippen LogP contribution is 2.12. The molecule has 122 valence electrons. The fourth-order valence-corrected chi connectivity index (χ4v) is 2.35. The molecule has 0 spiro atoms. The first-order valence-corrected chi connectivity index (χ1v) is 7.65. The topological polar surface area (TPSA) is 72.7 Å². The number of nitrogens with zero attached hydrogens (tertiary/aromatic N) is 2. The Labute approximate surface area is 139 Å². The van der Waals surface area contributed by atoms with Crippen molar-refractivity contribution in [1.29, 1.82) is 0 Å². The van der Waals surface area contributed by atoms with Gasteiger partial charge in [0.15, 0.2) is 0 Å². The molecule has 2 heterocycles. The summed E-state index contributed by atoms with van der Waals surface area (Å²) in [4.78, 5) is 28.1. The van der Waals surface area contributed by atoms with E-state index in [4.69, 9.17) is 4.74 Å². The first-order valence-electron chi connectivity index (χ1n) is 7.65. The van der Waals surface area contributed by atoms with Gasteiger partial charge in [-0.25, -0.2) is 9.78 Å². The number of fused-ring (bicyclic) bond motifs is 1. The van der Waals surface area contributed by atoms with Crippen molar-refractivity contribution in [3.8, 4) is 0 Å². The summed E-state index contributed by atoms with van der Waals surface area (Å²) in [5.41, 5.74) is 2.58. The second kappa shape index (κ2) is 6.95. The van der Waals surface area contributed by atoms with Crippen LogP contribution < -0.4 is 5.32 Å². The molecule has 3 aromatic rings. The predicted octanol–water partition coefficient (Wildman–Crippen LogP) is 2.69. The largest absolute Gasteiger partial charge is 0.462 e. The van der Waals surface area contributed by atoms with Gasteiger partial charge in [-0.3, -0.25) is 4.79 Å². The van der Waals surface area contributed by atoms with E-state index in [9.17, 15) is 9.59 Å². The Morgan fingerprint density at radius 1 is 1.17 bits per heavy atom. The van der Waals surface area contributed by atoms with Crippen LogP contribution in [0.4, 0.5) is 5.69 Å². The van der Waals surface area contributed by atoms with E-state index in [1.165, 1.54) is 0 Å². The molecular weight excluding hydrogens is 306 g/mol. The summed E-state index contributed by atoms with van der Waals surface area (Å²) in [5.74, 6) is -0.539. The number of carbonyl (C=O) groups excluding carboxylic acids is 2. The van der Waals surface area contributed by atoms with Crippen LogP contribution in [-0.2, 0) is 16.0 Å². The van der Waals surface area contributed by atoms with E-state index in [1.807, 2.05) is 35.0 Å². The minimum atomic E-state index is -0.375. The Balaban J connectivity index is 1.63. The van der Waals surface area contributed by atoms with Gasteiger partial charge in [0.25, 0.3) is 0 Å². The van der Waals surface area contributed by atoms with Crippen LogP contribution in [0.2, 0.25) is 0 Å². The zero-order chi connectivity index (χ0) is 16.9. The molecule has 0 bridgehead atoms. The van der Waals surface area contributed by atoms with E-state index in [2.05, 4.69) is 10.3 Å². The number of nitrogens with one attached hydrogen (secondary N) is 1. The normalized spacial score (nSPS) is 10.5. The molecule has 0 aliphatic heterocycles. The highest BCUT2D eigenvalue weighted by atomic mass is 16.5.